The summed E-state index contributed by atoms with van der Waals surface area (Å²) in [5.74, 6) is -0.187. The Bertz CT molecular complexity index is 566. The van der Waals surface area contributed by atoms with Gasteiger partial charge in [-0.2, -0.15) is 13.2 Å². The van der Waals surface area contributed by atoms with Gasteiger partial charge in [0.2, 0.25) is 0 Å². The van der Waals surface area contributed by atoms with E-state index >= 15 is 0 Å². The van der Waals surface area contributed by atoms with Crippen LogP contribution < -0.4 is 10.2 Å². The normalized spacial score (nSPS) is 20.2. The van der Waals surface area contributed by atoms with Crippen molar-refractivity contribution in [2.24, 2.45) is 0 Å². The highest BCUT2D eigenvalue weighted by Crippen LogP contribution is 2.39. The molecule has 1 aliphatic heterocycles. The Morgan fingerprint density at radius 2 is 1.57 bits per heavy atom. The average molecular weight is 330 g/mol. The molecule has 0 N–H and O–H groups in total. The van der Waals surface area contributed by atoms with Crippen molar-refractivity contribution in [3.05, 3.63) is 23.8 Å². The van der Waals surface area contributed by atoms with Gasteiger partial charge in [-0.25, -0.2) is 0 Å². The SMILES string of the molecule is CC(C)Oc1ccc(B2OC(C)(C)C(C)(C)O2)cc1C(F)(F)F. The van der Waals surface area contributed by atoms with Crippen molar-refractivity contribution >= 4 is 12.6 Å². The molecule has 0 aliphatic carbocycles. The van der Waals surface area contributed by atoms with E-state index in [0.29, 0.717) is 5.46 Å². The molecule has 1 heterocycles. The first-order valence-electron chi connectivity index (χ1n) is 7.57. The quantitative estimate of drug-likeness (QED) is 0.789. The zero-order valence-corrected chi connectivity index (χ0v) is 14.2. The molecular formula is C16H22BF3O3. The summed E-state index contributed by atoms with van der Waals surface area (Å²) < 4.78 is 56.8. The van der Waals surface area contributed by atoms with Crippen LogP contribution in [0.3, 0.4) is 0 Å². The fraction of sp³-hybridized carbons (Fsp3) is 0.625. The maximum atomic E-state index is 13.3. The van der Waals surface area contributed by atoms with E-state index in [1.54, 1.807) is 19.9 Å². The molecule has 0 spiro atoms. The Balaban J connectivity index is 2.39. The van der Waals surface area contributed by atoms with Crippen LogP contribution >= 0.6 is 0 Å². The lowest BCUT2D eigenvalue weighted by Gasteiger charge is -2.32. The predicted octanol–water partition coefficient (Wildman–Crippen LogP) is 3.79. The highest BCUT2D eigenvalue weighted by molar-refractivity contribution is 6.62. The second-order valence-corrected chi connectivity index (χ2v) is 7.01. The van der Waals surface area contributed by atoms with E-state index in [1.165, 1.54) is 6.07 Å². The first-order chi connectivity index (χ1) is 10.3. The largest absolute Gasteiger partial charge is 0.494 e. The first-order valence-corrected chi connectivity index (χ1v) is 7.57. The number of hydrogen-bond donors (Lipinski definition) is 0. The molecule has 0 radical (unpaired) electrons. The third kappa shape index (κ3) is 3.66. The fourth-order valence-electron chi connectivity index (χ4n) is 2.25. The molecule has 0 amide bonds. The molecule has 0 bridgehead atoms. The minimum absolute atomic E-state index is 0.187. The Kier molecular flexibility index (Phi) is 4.50. The molecule has 1 saturated heterocycles. The van der Waals surface area contributed by atoms with Gasteiger partial charge >= 0.3 is 13.3 Å². The summed E-state index contributed by atoms with van der Waals surface area (Å²) in [4.78, 5) is 0. The van der Waals surface area contributed by atoms with Crippen molar-refractivity contribution in [1.29, 1.82) is 0 Å². The summed E-state index contributed by atoms with van der Waals surface area (Å²) >= 11 is 0. The number of halogens is 3. The molecule has 0 aromatic heterocycles. The van der Waals surface area contributed by atoms with Crippen LogP contribution in [-0.2, 0) is 15.5 Å². The number of benzene rings is 1. The summed E-state index contributed by atoms with van der Waals surface area (Å²) in [6.07, 6.45) is -4.86. The molecule has 0 atom stereocenters. The number of hydrogen-bond acceptors (Lipinski definition) is 3. The van der Waals surface area contributed by atoms with Crippen molar-refractivity contribution in [2.75, 3.05) is 0 Å². The predicted molar refractivity (Wildman–Crippen MR) is 82.9 cm³/mol. The van der Waals surface area contributed by atoms with Gasteiger partial charge in [0.05, 0.1) is 22.9 Å². The standard InChI is InChI=1S/C16H22BF3O3/c1-10(2)21-13-8-7-11(9-12(13)16(18,19)20)17-22-14(3,4)15(5,6)23-17/h7-10H,1-6H3. The Morgan fingerprint density at radius 1 is 1.04 bits per heavy atom. The van der Waals surface area contributed by atoms with Crippen molar-refractivity contribution < 1.29 is 27.2 Å². The summed E-state index contributed by atoms with van der Waals surface area (Å²) in [6, 6.07) is 3.91. The van der Waals surface area contributed by atoms with Gasteiger partial charge in [0.1, 0.15) is 5.75 Å². The maximum absolute atomic E-state index is 13.3. The van der Waals surface area contributed by atoms with E-state index in [4.69, 9.17) is 14.0 Å². The number of ether oxygens (including phenoxy) is 1. The van der Waals surface area contributed by atoms with Gasteiger partial charge in [-0.05, 0) is 59.1 Å². The van der Waals surface area contributed by atoms with Crippen LogP contribution in [0, 0.1) is 0 Å². The molecule has 128 valence electrons. The molecule has 3 nitrogen and oxygen atoms in total. The molecule has 1 aliphatic rings. The van der Waals surface area contributed by atoms with Crippen LogP contribution in [0.1, 0.15) is 47.1 Å². The molecule has 7 heteroatoms. The van der Waals surface area contributed by atoms with Gasteiger partial charge in [0.15, 0.2) is 0 Å². The molecule has 23 heavy (non-hydrogen) atoms. The Hall–Kier alpha value is -1.21. The average Bonchev–Trinajstić information content (AvgIpc) is 2.56. The zero-order valence-electron chi connectivity index (χ0n) is 14.2. The van der Waals surface area contributed by atoms with Crippen molar-refractivity contribution in [3.63, 3.8) is 0 Å². The third-order valence-electron chi connectivity index (χ3n) is 4.20. The van der Waals surface area contributed by atoms with E-state index in [-0.39, 0.29) is 11.9 Å². The van der Waals surface area contributed by atoms with E-state index in [9.17, 15) is 13.2 Å². The summed E-state index contributed by atoms with van der Waals surface area (Å²) in [6.45, 7) is 10.8. The summed E-state index contributed by atoms with van der Waals surface area (Å²) in [5, 5.41) is 0. The topological polar surface area (TPSA) is 27.7 Å². The van der Waals surface area contributed by atoms with Gasteiger partial charge in [-0.3, -0.25) is 0 Å². The van der Waals surface area contributed by atoms with Gasteiger partial charge in [-0.1, -0.05) is 6.07 Å². The first kappa shape index (κ1) is 18.1. The van der Waals surface area contributed by atoms with Crippen LogP contribution in [0.25, 0.3) is 0 Å². The van der Waals surface area contributed by atoms with Gasteiger partial charge < -0.3 is 14.0 Å². The second kappa shape index (κ2) is 5.70. The fourth-order valence-corrected chi connectivity index (χ4v) is 2.25. The molecule has 0 saturated carbocycles. The second-order valence-electron chi connectivity index (χ2n) is 7.01. The van der Waals surface area contributed by atoms with E-state index < -0.39 is 30.1 Å². The number of rotatable bonds is 3. The van der Waals surface area contributed by atoms with Crippen LogP contribution in [0.15, 0.2) is 18.2 Å². The highest BCUT2D eigenvalue weighted by atomic mass is 19.4. The van der Waals surface area contributed by atoms with E-state index in [1.807, 2.05) is 27.7 Å². The van der Waals surface area contributed by atoms with E-state index in [0.717, 1.165) is 6.07 Å². The van der Waals surface area contributed by atoms with Gasteiger partial charge in [-0.15, -0.1) is 0 Å². The molecule has 2 rings (SSSR count). The van der Waals surface area contributed by atoms with Gasteiger partial charge in [0.25, 0.3) is 0 Å². The molecule has 1 fully saturated rings. The summed E-state index contributed by atoms with van der Waals surface area (Å²) in [5.41, 5.74) is -1.71. The summed E-state index contributed by atoms with van der Waals surface area (Å²) in [7, 11) is -0.839. The Labute approximate surface area is 135 Å². The van der Waals surface area contributed by atoms with Crippen LogP contribution in [0.5, 0.6) is 5.75 Å². The molecular weight excluding hydrogens is 308 g/mol. The Morgan fingerprint density at radius 3 is 2.00 bits per heavy atom. The highest BCUT2D eigenvalue weighted by Gasteiger charge is 2.52. The van der Waals surface area contributed by atoms with Crippen molar-refractivity contribution in [2.45, 2.75) is 65.0 Å². The number of alkyl halides is 3. The third-order valence-corrected chi connectivity index (χ3v) is 4.20. The van der Waals surface area contributed by atoms with Crippen molar-refractivity contribution in [3.8, 4) is 5.75 Å². The van der Waals surface area contributed by atoms with Crippen LogP contribution in [0.4, 0.5) is 13.2 Å². The lowest BCUT2D eigenvalue weighted by molar-refractivity contribution is -0.139. The van der Waals surface area contributed by atoms with E-state index in [2.05, 4.69) is 0 Å². The molecule has 1 aromatic rings. The smallest absolute Gasteiger partial charge is 0.490 e. The lowest BCUT2D eigenvalue weighted by Crippen LogP contribution is -2.41. The van der Waals surface area contributed by atoms with Crippen LogP contribution in [0.2, 0.25) is 0 Å². The monoisotopic (exact) mass is 330 g/mol. The minimum Gasteiger partial charge on any atom is -0.490 e. The van der Waals surface area contributed by atoms with Crippen LogP contribution in [-0.4, -0.2) is 24.4 Å². The maximum Gasteiger partial charge on any atom is 0.494 e. The molecule has 0 unspecified atom stereocenters. The van der Waals surface area contributed by atoms with Gasteiger partial charge in [0, 0.05) is 0 Å². The molecule has 1 aromatic carbocycles. The minimum atomic E-state index is -4.51. The van der Waals surface area contributed by atoms with Crippen molar-refractivity contribution in [1.82, 2.24) is 0 Å². The lowest BCUT2D eigenvalue weighted by atomic mass is 9.78. The zero-order chi connectivity index (χ0) is 17.6.